The van der Waals surface area contributed by atoms with Crippen LogP contribution in [0.2, 0.25) is 0 Å². The number of nitrogens with zero attached hydrogens (tertiary/aromatic N) is 2. The van der Waals surface area contributed by atoms with Gasteiger partial charge in [0, 0.05) is 32.4 Å². The minimum Gasteiger partial charge on any atom is -0.397 e. The molecule has 1 aromatic rings. The molecule has 5 nitrogen and oxygen atoms in total. The molecule has 1 fully saturated rings. The predicted molar refractivity (Wildman–Crippen MR) is 79.7 cm³/mol. The highest BCUT2D eigenvalue weighted by Crippen LogP contribution is 2.28. The van der Waals surface area contributed by atoms with Gasteiger partial charge >= 0.3 is 0 Å². The summed E-state index contributed by atoms with van der Waals surface area (Å²) in [6, 6.07) is 1.95. The first-order chi connectivity index (χ1) is 9.49. The summed E-state index contributed by atoms with van der Waals surface area (Å²) in [5, 5.41) is 0. The Hall–Kier alpha value is -1.49. The van der Waals surface area contributed by atoms with Crippen molar-refractivity contribution in [1.29, 1.82) is 0 Å². The first-order valence-electron chi connectivity index (χ1n) is 7.29. The number of aromatic nitrogens is 1. The molecule has 0 unspecified atom stereocenters. The summed E-state index contributed by atoms with van der Waals surface area (Å²) in [5.74, 6) is 0.749. The van der Waals surface area contributed by atoms with Crippen LogP contribution in [-0.2, 0) is 4.74 Å². The second kappa shape index (κ2) is 6.31. The number of carbonyl (C=O) groups excluding carboxylic acids is 1. The van der Waals surface area contributed by atoms with Crippen LogP contribution in [0.15, 0.2) is 12.3 Å². The van der Waals surface area contributed by atoms with Crippen molar-refractivity contribution in [3.63, 3.8) is 0 Å². The topological polar surface area (TPSA) is 60.5 Å². The number of ether oxygens (including phenoxy) is 1. The second-order valence-corrected chi connectivity index (χ2v) is 5.90. The quantitative estimate of drug-likeness (QED) is 0.778. The molecular formula is C15H25N3O2. The number of carbonyl (C=O) groups is 1. The maximum absolute atomic E-state index is 12.4. The van der Waals surface area contributed by atoms with Gasteiger partial charge in [-0.25, -0.2) is 0 Å². The molecular weight excluding hydrogens is 254 g/mol. The lowest BCUT2D eigenvalue weighted by atomic mass is 10.3. The summed E-state index contributed by atoms with van der Waals surface area (Å²) in [6.45, 7) is 6.10. The number of amides is 1. The molecule has 1 aliphatic rings. The van der Waals surface area contributed by atoms with E-state index in [2.05, 4.69) is 0 Å². The van der Waals surface area contributed by atoms with Crippen LogP contribution in [0.5, 0.6) is 0 Å². The van der Waals surface area contributed by atoms with Gasteiger partial charge in [-0.15, -0.1) is 0 Å². The fraction of sp³-hybridized carbons (Fsp3) is 0.667. The Kier molecular flexibility index (Phi) is 4.70. The number of hydrogen-bond donors (Lipinski definition) is 1. The van der Waals surface area contributed by atoms with E-state index in [0.29, 0.717) is 24.5 Å². The third kappa shape index (κ3) is 3.76. The molecule has 0 aromatic carbocycles. The maximum atomic E-state index is 12.4. The van der Waals surface area contributed by atoms with Crippen LogP contribution in [0.1, 0.15) is 43.2 Å². The van der Waals surface area contributed by atoms with E-state index in [1.165, 1.54) is 12.8 Å². The molecule has 1 saturated carbocycles. The van der Waals surface area contributed by atoms with E-state index in [-0.39, 0.29) is 11.9 Å². The fourth-order valence-corrected chi connectivity index (χ4v) is 2.13. The van der Waals surface area contributed by atoms with Crippen LogP contribution in [0.4, 0.5) is 5.69 Å². The molecule has 20 heavy (non-hydrogen) atoms. The summed E-state index contributed by atoms with van der Waals surface area (Å²) in [4.78, 5) is 14.1. The van der Waals surface area contributed by atoms with Crippen molar-refractivity contribution in [3.8, 4) is 0 Å². The molecule has 2 N–H and O–H groups in total. The van der Waals surface area contributed by atoms with E-state index < -0.39 is 0 Å². The third-order valence-corrected chi connectivity index (χ3v) is 3.61. The van der Waals surface area contributed by atoms with Gasteiger partial charge in [0.1, 0.15) is 5.69 Å². The first kappa shape index (κ1) is 14.9. The summed E-state index contributed by atoms with van der Waals surface area (Å²) in [7, 11) is 1.80. The maximum Gasteiger partial charge on any atom is 0.270 e. The molecule has 2 rings (SSSR count). The monoisotopic (exact) mass is 279 g/mol. The molecule has 0 aliphatic heterocycles. The van der Waals surface area contributed by atoms with E-state index in [4.69, 9.17) is 10.5 Å². The van der Waals surface area contributed by atoms with E-state index in [1.807, 2.05) is 24.6 Å². The molecule has 1 aliphatic carbocycles. The van der Waals surface area contributed by atoms with E-state index in [9.17, 15) is 4.79 Å². The second-order valence-electron chi connectivity index (χ2n) is 5.90. The van der Waals surface area contributed by atoms with Crippen LogP contribution >= 0.6 is 0 Å². The van der Waals surface area contributed by atoms with Crippen molar-refractivity contribution in [2.75, 3.05) is 32.5 Å². The van der Waals surface area contributed by atoms with Gasteiger partial charge in [-0.05, 0) is 38.7 Å². The molecule has 5 heteroatoms. The van der Waals surface area contributed by atoms with Gasteiger partial charge in [0.2, 0.25) is 0 Å². The van der Waals surface area contributed by atoms with Gasteiger partial charge in [0.05, 0.1) is 12.3 Å². The number of hydrogen-bond acceptors (Lipinski definition) is 3. The molecule has 0 saturated heterocycles. The highest BCUT2D eigenvalue weighted by Gasteiger charge is 2.22. The van der Waals surface area contributed by atoms with E-state index >= 15 is 0 Å². The molecule has 0 atom stereocenters. The van der Waals surface area contributed by atoms with E-state index in [1.54, 1.807) is 18.0 Å². The minimum absolute atomic E-state index is 0.00887. The molecule has 0 bridgehead atoms. The van der Waals surface area contributed by atoms with Crippen molar-refractivity contribution in [2.24, 2.45) is 5.92 Å². The van der Waals surface area contributed by atoms with Crippen molar-refractivity contribution >= 4 is 11.6 Å². The average Bonchev–Trinajstić information content (AvgIpc) is 3.14. The molecule has 1 heterocycles. The predicted octanol–water partition coefficient (Wildman–Crippen LogP) is 2.15. The summed E-state index contributed by atoms with van der Waals surface area (Å²) >= 11 is 0. The largest absolute Gasteiger partial charge is 0.397 e. The Balaban J connectivity index is 1.88. The molecule has 0 radical (unpaired) electrons. The third-order valence-electron chi connectivity index (χ3n) is 3.61. The van der Waals surface area contributed by atoms with Gasteiger partial charge in [-0.1, -0.05) is 0 Å². The van der Waals surface area contributed by atoms with Crippen LogP contribution in [0.25, 0.3) is 0 Å². The van der Waals surface area contributed by atoms with Gasteiger partial charge in [0.25, 0.3) is 5.91 Å². The lowest BCUT2D eigenvalue weighted by Crippen LogP contribution is -2.32. The Morgan fingerprint density at radius 1 is 1.55 bits per heavy atom. The number of rotatable bonds is 7. The van der Waals surface area contributed by atoms with Gasteiger partial charge in [0.15, 0.2) is 0 Å². The zero-order valence-electron chi connectivity index (χ0n) is 12.6. The summed E-state index contributed by atoms with van der Waals surface area (Å²) in [6.07, 6.45) is 4.39. The smallest absolute Gasteiger partial charge is 0.270 e. The van der Waals surface area contributed by atoms with Crippen LogP contribution in [-0.4, -0.2) is 42.2 Å². The lowest BCUT2D eigenvalue weighted by molar-refractivity contribution is 0.0670. The number of anilines is 1. The normalized spacial score (nSPS) is 14.8. The Labute approximate surface area is 120 Å². The number of likely N-dealkylation sites (N-methyl/N-ethyl adjacent to an activating group) is 1. The van der Waals surface area contributed by atoms with Crippen LogP contribution in [0.3, 0.4) is 0 Å². The molecule has 1 amide bonds. The Morgan fingerprint density at radius 3 is 2.85 bits per heavy atom. The SMILES string of the molecule is CC(C)n1cc(N)cc1C(=O)N(C)CCOCC1CC1. The summed E-state index contributed by atoms with van der Waals surface area (Å²) in [5.41, 5.74) is 7.07. The highest BCUT2D eigenvalue weighted by molar-refractivity contribution is 5.93. The lowest BCUT2D eigenvalue weighted by Gasteiger charge is -2.19. The highest BCUT2D eigenvalue weighted by atomic mass is 16.5. The molecule has 112 valence electrons. The molecule has 0 spiro atoms. The van der Waals surface area contributed by atoms with Gasteiger partial charge in [-0.2, -0.15) is 0 Å². The van der Waals surface area contributed by atoms with Crippen molar-refractivity contribution < 1.29 is 9.53 Å². The van der Waals surface area contributed by atoms with Crippen LogP contribution in [0, 0.1) is 5.92 Å². The summed E-state index contributed by atoms with van der Waals surface area (Å²) < 4.78 is 7.49. The number of nitrogen functional groups attached to an aromatic ring is 1. The Bertz CT molecular complexity index is 464. The first-order valence-corrected chi connectivity index (χ1v) is 7.29. The standard InChI is InChI=1S/C15H25N3O2/c1-11(2)18-9-13(16)8-14(18)15(19)17(3)6-7-20-10-12-4-5-12/h8-9,11-12H,4-7,10,16H2,1-3H3. The Morgan fingerprint density at radius 2 is 2.25 bits per heavy atom. The average molecular weight is 279 g/mol. The van der Waals surface area contributed by atoms with Crippen molar-refractivity contribution in [1.82, 2.24) is 9.47 Å². The van der Waals surface area contributed by atoms with Crippen molar-refractivity contribution in [3.05, 3.63) is 18.0 Å². The van der Waals surface area contributed by atoms with Crippen LogP contribution < -0.4 is 5.73 Å². The zero-order chi connectivity index (χ0) is 14.7. The van der Waals surface area contributed by atoms with E-state index in [0.717, 1.165) is 12.5 Å². The number of nitrogens with two attached hydrogens (primary N) is 1. The zero-order valence-corrected chi connectivity index (χ0v) is 12.6. The minimum atomic E-state index is -0.00887. The molecule has 1 aromatic heterocycles. The fourth-order valence-electron chi connectivity index (χ4n) is 2.13. The van der Waals surface area contributed by atoms with Gasteiger partial charge in [-0.3, -0.25) is 4.79 Å². The van der Waals surface area contributed by atoms with Gasteiger partial charge < -0.3 is 19.9 Å². The van der Waals surface area contributed by atoms with Crippen molar-refractivity contribution in [2.45, 2.75) is 32.7 Å².